The summed E-state index contributed by atoms with van der Waals surface area (Å²) in [5.74, 6) is 1.12. The SMILES string of the molecule is C.O=C(NCCO)c1ccc(-c2cc(Oc3ccc4nc(N[C@@H]5CCCC[C@H]5O)sc4c3)ccn2)cc1. The van der Waals surface area contributed by atoms with Crippen LogP contribution in [0.25, 0.3) is 21.5 Å². The van der Waals surface area contributed by atoms with Crippen molar-refractivity contribution in [2.45, 2.75) is 45.3 Å². The topological polar surface area (TPSA) is 117 Å². The Hall–Kier alpha value is -3.53. The second-order valence-electron chi connectivity index (χ2n) is 8.79. The number of nitrogens with zero attached hydrogens (tertiary/aromatic N) is 2. The van der Waals surface area contributed by atoms with Gasteiger partial charge in [0.1, 0.15) is 11.5 Å². The van der Waals surface area contributed by atoms with Crippen molar-refractivity contribution in [1.82, 2.24) is 15.3 Å². The van der Waals surface area contributed by atoms with Gasteiger partial charge in [-0.05, 0) is 43.2 Å². The molecular weight excluding hydrogens is 488 g/mol. The quantitative estimate of drug-likeness (QED) is 0.252. The van der Waals surface area contributed by atoms with Gasteiger partial charge in [0.05, 0.1) is 34.7 Å². The summed E-state index contributed by atoms with van der Waals surface area (Å²) in [7, 11) is 0. The lowest BCUT2D eigenvalue weighted by atomic mass is 9.93. The first-order chi connectivity index (χ1) is 17.6. The van der Waals surface area contributed by atoms with E-state index < -0.39 is 0 Å². The molecule has 1 fully saturated rings. The monoisotopic (exact) mass is 520 g/mol. The third-order valence-electron chi connectivity index (χ3n) is 6.21. The Kier molecular flexibility index (Phi) is 8.70. The number of carbonyl (C=O) groups is 1. The van der Waals surface area contributed by atoms with Gasteiger partial charge in [-0.1, -0.05) is 43.7 Å². The summed E-state index contributed by atoms with van der Waals surface area (Å²) in [5.41, 5.74) is 2.99. The average Bonchev–Trinajstić information content (AvgIpc) is 3.30. The molecule has 8 nitrogen and oxygen atoms in total. The molecule has 2 aromatic carbocycles. The Labute approximate surface area is 220 Å². The molecule has 5 rings (SSSR count). The summed E-state index contributed by atoms with van der Waals surface area (Å²) < 4.78 is 7.13. The van der Waals surface area contributed by atoms with Gasteiger partial charge in [0.25, 0.3) is 5.91 Å². The molecule has 0 unspecified atom stereocenters. The molecule has 4 N–H and O–H groups in total. The molecule has 0 spiro atoms. The van der Waals surface area contributed by atoms with Crippen molar-refractivity contribution in [2.24, 2.45) is 0 Å². The van der Waals surface area contributed by atoms with Crippen LogP contribution in [-0.4, -0.2) is 51.4 Å². The van der Waals surface area contributed by atoms with Crippen LogP contribution in [0.1, 0.15) is 43.5 Å². The maximum absolute atomic E-state index is 12.0. The summed E-state index contributed by atoms with van der Waals surface area (Å²) in [5, 5.41) is 26.0. The summed E-state index contributed by atoms with van der Waals surface area (Å²) >= 11 is 1.55. The number of hydrogen-bond donors (Lipinski definition) is 4. The number of hydrogen-bond acceptors (Lipinski definition) is 8. The zero-order valence-corrected chi connectivity index (χ0v) is 20.5. The number of ether oxygens (including phenoxy) is 1. The van der Waals surface area contributed by atoms with E-state index in [-0.39, 0.29) is 38.6 Å². The number of aliphatic hydroxyl groups excluding tert-OH is 2. The first-order valence-corrected chi connectivity index (χ1v) is 12.9. The molecule has 0 aliphatic heterocycles. The highest BCUT2D eigenvalue weighted by atomic mass is 32.1. The van der Waals surface area contributed by atoms with Crippen LogP contribution in [0.15, 0.2) is 60.8 Å². The summed E-state index contributed by atoms with van der Waals surface area (Å²) in [6, 6.07) is 16.6. The fourth-order valence-corrected chi connectivity index (χ4v) is 5.26. The molecule has 2 heterocycles. The maximum atomic E-state index is 12.0. The van der Waals surface area contributed by atoms with Crippen LogP contribution in [0.2, 0.25) is 0 Å². The van der Waals surface area contributed by atoms with E-state index in [1.54, 1.807) is 35.7 Å². The van der Waals surface area contributed by atoms with Gasteiger partial charge in [0, 0.05) is 36.0 Å². The first-order valence-electron chi connectivity index (χ1n) is 12.1. The number of thiazole rings is 1. The Balaban J connectivity index is 0.00000320. The van der Waals surface area contributed by atoms with Crippen LogP contribution in [-0.2, 0) is 0 Å². The van der Waals surface area contributed by atoms with Crippen LogP contribution in [0.4, 0.5) is 5.13 Å². The molecule has 1 saturated carbocycles. The molecule has 0 bridgehead atoms. The van der Waals surface area contributed by atoms with Gasteiger partial charge in [0.15, 0.2) is 5.13 Å². The van der Waals surface area contributed by atoms with Gasteiger partial charge in [-0.2, -0.15) is 0 Å². The van der Waals surface area contributed by atoms with E-state index in [9.17, 15) is 9.90 Å². The number of benzene rings is 2. The zero-order valence-electron chi connectivity index (χ0n) is 19.7. The van der Waals surface area contributed by atoms with Crippen molar-refractivity contribution in [3.05, 3.63) is 66.4 Å². The highest BCUT2D eigenvalue weighted by molar-refractivity contribution is 7.22. The van der Waals surface area contributed by atoms with Crippen molar-refractivity contribution in [3.63, 3.8) is 0 Å². The molecule has 1 aliphatic rings. The van der Waals surface area contributed by atoms with Gasteiger partial charge in [0.2, 0.25) is 0 Å². The largest absolute Gasteiger partial charge is 0.457 e. The molecular formula is C28H32N4O4S. The Bertz CT molecular complexity index is 1340. The van der Waals surface area contributed by atoms with Crippen molar-refractivity contribution in [2.75, 3.05) is 18.5 Å². The molecule has 0 saturated heterocycles. The lowest BCUT2D eigenvalue weighted by molar-refractivity contribution is 0.0944. The Morgan fingerprint density at radius 2 is 1.84 bits per heavy atom. The highest BCUT2D eigenvalue weighted by Gasteiger charge is 2.23. The third-order valence-corrected chi connectivity index (χ3v) is 7.15. The smallest absolute Gasteiger partial charge is 0.251 e. The fourth-order valence-electron chi connectivity index (χ4n) is 4.30. The third kappa shape index (κ3) is 6.43. The molecule has 2 aromatic heterocycles. The maximum Gasteiger partial charge on any atom is 0.251 e. The number of fused-ring (bicyclic) bond motifs is 1. The number of carbonyl (C=O) groups excluding carboxylic acids is 1. The molecule has 194 valence electrons. The normalized spacial score (nSPS) is 17.1. The molecule has 1 amide bonds. The molecule has 0 radical (unpaired) electrons. The minimum Gasteiger partial charge on any atom is -0.457 e. The lowest BCUT2D eigenvalue weighted by Crippen LogP contribution is -2.36. The summed E-state index contributed by atoms with van der Waals surface area (Å²) in [6.07, 6.45) is 5.34. The van der Waals surface area contributed by atoms with Crippen LogP contribution in [0, 0.1) is 0 Å². The Morgan fingerprint density at radius 1 is 1.05 bits per heavy atom. The second kappa shape index (κ2) is 12.1. The van der Waals surface area contributed by atoms with E-state index in [2.05, 4.69) is 20.6 Å². The van der Waals surface area contributed by atoms with Crippen LogP contribution < -0.4 is 15.4 Å². The van der Waals surface area contributed by atoms with Gasteiger partial charge in [-0.25, -0.2) is 4.98 Å². The van der Waals surface area contributed by atoms with Crippen molar-refractivity contribution < 1.29 is 19.7 Å². The highest BCUT2D eigenvalue weighted by Crippen LogP contribution is 2.33. The van der Waals surface area contributed by atoms with E-state index in [0.29, 0.717) is 17.1 Å². The van der Waals surface area contributed by atoms with Crippen molar-refractivity contribution in [1.29, 1.82) is 0 Å². The van der Waals surface area contributed by atoms with E-state index >= 15 is 0 Å². The first kappa shape index (κ1) is 26.5. The minimum absolute atomic E-state index is 0. The van der Waals surface area contributed by atoms with E-state index in [0.717, 1.165) is 52.3 Å². The number of nitrogens with one attached hydrogen (secondary N) is 2. The zero-order chi connectivity index (χ0) is 24.9. The number of aromatic nitrogens is 2. The van der Waals surface area contributed by atoms with Crippen LogP contribution in [0.3, 0.4) is 0 Å². The lowest BCUT2D eigenvalue weighted by Gasteiger charge is -2.27. The van der Waals surface area contributed by atoms with E-state index in [4.69, 9.17) is 9.84 Å². The molecule has 4 aromatic rings. The number of aliphatic hydroxyl groups is 2. The van der Waals surface area contributed by atoms with Gasteiger partial charge in [-0.3, -0.25) is 9.78 Å². The fraction of sp³-hybridized carbons (Fsp3) is 0.321. The molecule has 9 heteroatoms. The van der Waals surface area contributed by atoms with Crippen LogP contribution in [0.5, 0.6) is 11.5 Å². The van der Waals surface area contributed by atoms with Crippen molar-refractivity contribution >= 4 is 32.6 Å². The molecule has 1 aliphatic carbocycles. The van der Waals surface area contributed by atoms with Crippen LogP contribution >= 0.6 is 11.3 Å². The number of anilines is 1. The van der Waals surface area contributed by atoms with Gasteiger partial charge < -0.3 is 25.6 Å². The molecule has 2 atom stereocenters. The van der Waals surface area contributed by atoms with Gasteiger partial charge in [-0.15, -0.1) is 0 Å². The predicted molar refractivity (Wildman–Crippen MR) is 147 cm³/mol. The van der Waals surface area contributed by atoms with Crippen molar-refractivity contribution in [3.8, 4) is 22.8 Å². The van der Waals surface area contributed by atoms with Gasteiger partial charge >= 0.3 is 0 Å². The summed E-state index contributed by atoms with van der Waals surface area (Å²) in [4.78, 5) is 21.1. The standard InChI is InChI=1S/C27H28N4O4S.CH4/c32-14-13-29-26(34)18-7-5-17(6-8-18)23-15-20(11-12-28-23)35-19-9-10-22-25(16-19)36-27(31-22)30-21-3-1-2-4-24(21)33;/h5-12,15-16,21,24,32-33H,1-4,13-14H2,(H,29,34)(H,30,31);1H4/t21-,24-;/m1./s1. The number of pyridine rings is 1. The number of amides is 1. The summed E-state index contributed by atoms with van der Waals surface area (Å²) in [6.45, 7) is 0.120. The van der Waals surface area contributed by atoms with E-state index in [1.165, 1.54) is 0 Å². The second-order valence-corrected chi connectivity index (χ2v) is 9.82. The number of rotatable bonds is 8. The minimum atomic E-state index is -0.329. The van der Waals surface area contributed by atoms with E-state index in [1.807, 2.05) is 36.4 Å². The average molecular weight is 521 g/mol. The predicted octanol–water partition coefficient (Wildman–Crippen LogP) is 5.22. The molecule has 37 heavy (non-hydrogen) atoms. The Morgan fingerprint density at radius 3 is 2.62 bits per heavy atom.